The Bertz CT molecular complexity index is 309. The Morgan fingerprint density at radius 2 is 2.17 bits per heavy atom. The molecule has 1 fully saturated rings. The topological polar surface area (TPSA) is 48.3 Å². The third-order valence-corrected chi connectivity index (χ3v) is 3.55. The van der Waals surface area contributed by atoms with Crippen molar-refractivity contribution in [3.63, 3.8) is 0 Å². The molecule has 18 heavy (non-hydrogen) atoms. The van der Waals surface area contributed by atoms with Gasteiger partial charge < -0.3 is 4.74 Å². The van der Waals surface area contributed by atoms with Crippen molar-refractivity contribution >= 4 is 0 Å². The van der Waals surface area contributed by atoms with Gasteiger partial charge in [-0.2, -0.15) is 5.26 Å². The average Bonchev–Trinajstić information content (AvgIpc) is 2.26. The molecule has 0 amide bonds. The van der Waals surface area contributed by atoms with Crippen LogP contribution in [0.3, 0.4) is 0 Å². The van der Waals surface area contributed by atoms with E-state index in [0.29, 0.717) is 6.04 Å². The van der Waals surface area contributed by atoms with Gasteiger partial charge in [0.05, 0.1) is 19.3 Å². The molecular weight excluding hydrogens is 226 g/mol. The predicted octanol–water partition coefficient (Wildman–Crippen LogP) is 1.77. The number of nitrogens with zero attached hydrogens (tertiary/aromatic N) is 2. The van der Waals surface area contributed by atoms with Crippen molar-refractivity contribution in [3.05, 3.63) is 0 Å². The van der Waals surface area contributed by atoms with Crippen molar-refractivity contribution in [1.82, 2.24) is 10.2 Å². The number of ether oxygens (including phenoxy) is 1. The van der Waals surface area contributed by atoms with Gasteiger partial charge in [-0.05, 0) is 41.0 Å². The normalized spacial score (nSPS) is 23.6. The fourth-order valence-electron chi connectivity index (χ4n) is 2.46. The second-order valence-electron chi connectivity index (χ2n) is 6.35. The van der Waals surface area contributed by atoms with Crippen LogP contribution in [0.25, 0.3) is 0 Å². The summed E-state index contributed by atoms with van der Waals surface area (Å²) in [5, 5.41) is 12.7. The minimum atomic E-state index is -0.442. The van der Waals surface area contributed by atoms with Crippen molar-refractivity contribution in [1.29, 1.82) is 5.26 Å². The molecule has 1 atom stereocenters. The van der Waals surface area contributed by atoms with Gasteiger partial charge in [-0.1, -0.05) is 0 Å². The Morgan fingerprint density at radius 1 is 1.50 bits per heavy atom. The lowest BCUT2D eigenvalue weighted by Gasteiger charge is -2.43. The summed E-state index contributed by atoms with van der Waals surface area (Å²) in [5.74, 6) is 0. The van der Waals surface area contributed by atoms with E-state index in [2.05, 4.69) is 44.0 Å². The molecule has 0 aromatic rings. The highest BCUT2D eigenvalue weighted by Gasteiger charge is 2.33. The summed E-state index contributed by atoms with van der Waals surface area (Å²) in [5.41, 5.74) is -0.366. The summed E-state index contributed by atoms with van der Waals surface area (Å²) in [6, 6.07) is 2.73. The minimum Gasteiger partial charge on any atom is -0.378 e. The molecule has 0 aromatic carbocycles. The summed E-state index contributed by atoms with van der Waals surface area (Å²) in [7, 11) is 0. The Hall–Kier alpha value is -0.630. The number of nitrogens with one attached hydrogen (secondary N) is 1. The van der Waals surface area contributed by atoms with Crippen LogP contribution in [0, 0.1) is 11.3 Å². The van der Waals surface area contributed by atoms with E-state index in [1.54, 1.807) is 0 Å². The maximum Gasteiger partial charge on any atom is 0.105 e. The van der Waals surface area contributed by atoms with E-state index in [-0.39, 0.29) is 5.54 Å². The fraction of sp³-hybridized carbons (Fsp3) is 0.929. The molecule has 1 rings (SSSR count). The van der Waals surface area contributed by atoms with E-state index in [1.165, 1.54) is 0 Å². The molecule has 1 aliphatic heterocycles. The molecule has 1 heterocycles. The third kappa shape index (κ3) is 4.24. The predicted molar refractivity (Wildman–Crippen MR) is 73.4 cm³/mol. The van der Waals surface area contributed by atoms with Crippen molar-refractivity contribution in [2.24, 2.45) is 0 Å². The van der Waals surface area contributed by atoms with Crippen molar-refractivity contribution < 1.29 is 4.74 Å². The van der Waals surface area contributed by atoms with E-state index in [9.17, 15) is 5.26 Å². The average molecular weight is 253 g/mol. The molecule has 0 spiro atoms. The summed E-state index contributed by atoms with van der Waals surface area (Å²) in [4.78, 5) is 2.42. The molecule has 0 aromatic heterocycles. The lowest BCUT2D eigenvalue weighted by atomic mass is 9.95. The molecule has 4 heteroatoms. The summed E-state index contributed by atoms with van der Waals surface area (Å²) in [6.07, 6.45) is 0.838. The zero-order chi connectivity index (χ0) is 13.8. The molecule has 0 bridgehead atoms. The van der Waals surface area contributed by atoms with Gasteiger partial charge in [-0.15, -0.1) is 0 Å². The molecular formula is C14H27N3O. The monoisotopic (exact) mass is 253 g/mol. The Morgan fingerprint density at radius 3 is 2.67 bits per heavy atom. The summed E-state index contributed by atoms with van der Waals surface area (Å²) < 4.78 is 5.52. The summed E-state index contributed by atoms with van der Waals surface area (Å²) >= 11 is 0. The van der Waals surface area contributed by atoms with Crippen LogP contribution in [0.5, 0.6) is 0 Å². The van der Waals surface area contributed by atoms with Crippen molar-refractivity contribution in [2.75, 3.05) is 26.3 Å². The van der Waals surface area contributed by atoms with Gasteiger partial charge in [-0.3, -0.25) is 10.2 Å². The number of hydrogen-bond acceptors (Lipinski definition) is 4. The van der Waals surface area contributed by atoms with Gasteiger partial charge in [0.2, 0.25) is 0 Å². The lowest BCUT2D eigenvalue weighted by molar-refractivity contribution is -0.0528. The van der Waals surface area contributed by atoms with Crippen LogP contribution in [0.4, 0.5) is 0 Å². The van der Waals surface area contributed by atoms with Gasteiger partial charge in [-0.25, -0.2) is 0 Å². The highest BCUT2D eigenvalue weighted by molar-refractivity contribution is 5.05. The molecule has 0 radical (unpaired) electrons. The van der Waals surface area contributed by atoms with Gasteiger partial charge >= 0.3 is 0 Å². The van der Waals surface area contributed by atoms with Crippen LogP contribution in [-0.4, -0.2) is 48.3 Å². The fourth-order valence-corrected chi connectivity index (χ4v) is 2.46. The Labute approximate surface area is 111 Å². The van der Waals surface area contributed by atoms with Crippen LogP contribution >= 0.6 is 0 Å². The second-order valence-corrected chi connectivity index (χ2v) is 6.35. The van der Waals surface area contributed by atoms with Gasteiger partial charge in [0.15, 0.2) is 0 Å². The largest absolute Gasteiger partial charge is 0.378 e. The van der Waals surface area contributed by atoms with E-state index in [0.717, 1.165) is 32.7 Å². The van der Waals surface area contributed by atoms with Crippen LogP contribution in [0.15, 0.2) is 0 Å². The first-order valence-corrected chi connectivity index (χ1v) is 6.81. The zero-order valence-electron chi connectivity index (χ0n) is 12.4. The summed E-state index contributed by atoms with van der Waals surface area (Å²) in [6.45, 7) is 14.0. The maximum absolute atomic E-state index is 9.34. The standard InChI is InChI=1S/C14H27N3O/c1-12(2)16-14(5,10-15)6-7-17-8-9-18-11-13(17,3)4/h12,16H,6-9,11H2,1-5H3. The third-order valence-electron chi connectivity index (χ3n) is 3.55. The maximum atomic E-state index is 9.34. The number of rotatable bonds is 5. The second kappa shape index (κ2) is 6.01. The number of hydrogen-bond donors (Lipinski definition) is 1. The Kier molecular flexibility index (Phi) is 5.15. The van der Waals surface area contributed by atoms with E-state index in [1.807, 2.05) is 6.92 Å². The molecule has 1 N–H and O–H groups in total. The SMILES string of the molecule is CC(C)NC(C)(C#N)CCN1CCOCC1(C)C. The molecule has 1 aliphatic rings. The van der Waals surface area contributed by atoms with Crippen LogP contribution in [0.1, 0.15) is 41.0 Å². The minimum absolute atomic E-state index is 0.0758. The van der Waals surface area contributed by atoms with Gasteiger partial charge in [0.25, 0.3) is 0 Å². The van der Waals surface area contributed by atoms with E-state index >= 15 is 0 Å². The van der Waals surface area contributed by atoms with Crippen LogP contribution in [-0.2, 0) is 4.74 Å². The number of nitriles is 1. The smallest absolute Gasteiger partial charge is 0.105 e. The van der Waals surface area contributed by atoms with Crippen molar-refractivity contribution in [3.8, 4) is 6.07 Å². The molecule has 1 unspecified atom stereocenters. The highest BCUT2D eigenvalue weighted by atomic mass is 16.5. The Balaban J connectivity index is 2.55. The zero-order valence-corrected chi connectivity index (χ0v) is 12.4. The first-order valence-electron chi connectivity index (χ1n) is 6.81. The van der Waals surface area contributed by atoms with E-state index in [4.69, 9.17) is 4.74 Å². The lowest BCUT2D eigenvalue weighted by Crippen LogP contribution is -2.55. The molecule has 0 saturated carbocycles. The first-order chi connectivity index (χ1) is 8.29. The quantitative estimate of drug-likeness (QED) is 0.811. The molecule has 1 saturated heterocycles. The molecule has 4 nitrogen and oxygen atoms in total. The first kappa shape index (κ1) is 15.4. The van der Waals surface area contributed by atoms with Crippen LogP contribution in [0.2, 0.25) is 0 Å². The van der Waals surface area contributed by atoms with Gasteiger partial charge in [0.1, 0.15) is 5.54 Å². The molecule has 0 aliphatic carbocycles. The van der Waals surface area contributed by atoms with Crippen LogP contribution < -0.4 is 5.32 Å². The molecule has 104 valence electrons. The number of morpholine rings is 1. The van der Waals surface area contributed by atoms with E-state index < -0.39 is 5.54 Å². The van der Waals surface area contributed by atoms with Gasteiger partial charge in [0, 0.05) is 24.7 Å². The highest BCUT2D eigenvalue weighted by Crippen LogP contribution is 2.21. The van der Waals surface area contributed by atoms with Crippen molar-refractivity contribution in [2.45, 2.75) is 58.2 Å².